The molecule has 5 nitrogen and oxygen atoms in total. The molecule has 2 aromatic rings. The van der Waals surface area contributed by atoms with Crippen molar-refractivity contribution in [2.45, 2.75) is 12.8 Å². The molecule has 1 N–H and O–H groups in total. The summed E-state index contributed by atoms with van der Waals surface area (Å²) in [5.41, 5.74) is 3.22. The molecular formula is C19H21N3O2. The highest BCUT2D eigenvalue weighted by Crippen LogP contribution is 2.28. The monoisotopic (exact) mass is 323 g/mol. The number of hydrogen-bond donors (Lipinski definition) is 1. The van der Waals surface area contributed by atoms with E-state index in [0.717, 1.165) is 12.8 Å². The summed E-state index contributed by atoms with van der Waals surface area (Å²) < 4.78 is 0. The molecule has 0 spiro atoms. The van der Waals surface area contributed by atoms with Crippen LogP contribution in [0.4, 0.5) is 0 Å². The Morgan fingerprint density at radius 3 is 2.08 bits per heavy atom. The molecular weight excluding hydrogens is 302 g/mol. The summed E-state index contributed by atoms with van der Waals surface area (Å²) in [4.78, 5) is 31.8. The van der Waals surface area contributed by atoms with Crippen molar-refractivity contribution in [3.8, 4) is 0 Å². The van der Waals surface area contributed by atoms with E-state index in [1.807, 2.05) is 28.0 Å². The Morgan fingerprint density at radius 2 is 1.50 bits per heavy atom. The molecule has 2 heterocycles. The zero-order valence-electron chi connectivity index (χ0n) is 13.6. The Bertz CT molecular complexity index is 721. The minimum atomic E-state index is 0.0142. The van der Waals surface area contributed by atoms with Gasteiger partial charge < -0.3 is 14.8 Å². The summed E-state index contributed by atoms with van der Waals surface area (Å²) in [6.45, 7) is 2.45. The summed E-state index contributed by atoms with van der Waals surface area (Å²) in [5.74, 6) is 0.312. The first-order chi connectivity index (χ1) is 11.7. The van der Waals surface area contributed by atoms with Crippen molar-refractivity contribution >= 4 is 11.8 Å². The van der Waals surface area contributed by atoms with Crippen LogP contribution in [0.2, 0.25) is 0 Å². The fourth-order valence-corrected chi connectivity index (χ4v) is 3.76. The van der Waals surface area contributed by atoms with Crippen LogP contribution >= 0.6 is 0 Å². The Kier molecular flexibility index (Phi) is 3.84. The van der Waals surface area contributed by atoms with E-state index >= 15 is 0 Å². The molecule has 124 valence electrons. The van der Waals surface area contributed by atoms with Crippen LogP contribution in [0.3, 0.4) is 0 Å². The van der Waals surface area contributed by atoms with E-state index in [-0.39, 0.29) is 17.7 Å². The van der Waals surface area contributed by atoms with E-state index in [1.165, 1.54) is 11.1 Å². The number of H-pyrrole nitrogens is 1. The molecule has 1 aliphatic carbocycles. The molecule has 0 saturated carbocycles. The maximum Gasteiger partial charge on any atom is 0.270 e. The zero-order chi connectivity index (χ0) is 16.5. The topological polar surface area (TPSA) is 56.4 Å². The number of nitrogens with one attached hydrogen (secondary N) is 1. The van der Waals surface area contributed by atoms with Crippen LogP contribution in [0.25, 0.3) is 0 Å². The number of piperazine rings is 1. The van der Waals surface area contributed by atoms with E-state index in [9.17, 15) is 9.59 Å². The number of carbonyl (C=O) groups excluding carboxylic acids is 2. The lowest BCUT2D eigenvalue weighted by Gasteiger charge is -2.35. The highest BCUT2D eigenvalue weighted by molar-refractivity contribution is 5.92. The van der Waals surface area contributed by atoms with Gasteiger partial charge in [-0.2, -0.15) is 0 Å². The summed E-state index contributed by atoms with van der Waals surface area (Å²) >= 11 is 0. The van der Waals surface area contributed by atoms with Gasteiger partial charge in [0.05, 0.1) is 0 Å². The van der Waals surface area contributed by atoms with Gasteiger partial charge in [0.1, 0.15) is 5.69 Å². The van der Waals surface area contributed by atoms with Gasteiger partial charge in [0.2, 0.25) is 5.91 Å². The van der Waals surface area contributed by atoms with Gasteiger partial charge in [0.15, 0.2) is 0 Å². The minimum absolute atomic E-state index is 0.0142. The molecule has 0 radical (unpaired) electrons. The average Bonchev–Trinajstić information content (AvgIpc) is 3.30. The molecule has 24 heavy (non-hydrogen) atoms. The number of nitrogens with zero attached hydrogens (tertiary/aromatic N) is 2. The van der Waals surface area contributed by atoms with Gasteiger partial charge >= 0.3 is 0 Å². The lowest BCUT2D eigenvalue weighted by Crippen LogP contribution is -2.52. The minimum Gasteiger partial charge on any atom is -0.357 e. The summed E-state index contributed by atoms with van der Waals surface area (Å²) in [6, 6.07) is 11.9. The van der Waals surface area contributed by atoms with E-state index in [1.54, 1.807) is 12.3 Å². The SMILES string of the molecule is O=C(c1ccc[nH]1)N1CCN(C(=O)C2Cc3ccccc3C2)CC1. The van der Waals surface area contributed by atoms with E-state index in [2.05, 4.69) is 17.1 Å². The van der Waals surface area contributed by atoms with Crippen LogP contribution in [0.5, 0.6) is 0 Å². The number of hydrogen-bond acceptors (Lipinski definition) is 2. The van der Waals surface area contributed by atoms with Crippen molar-refractivity contribution in [2.24, 2.45) is 5.92 Å². The molecule has 0 atom stereocenters. The zero-order valence-corrected chi connectivity index (χ0v) is 13.6. The van der Waals surface area contributed by atoms with Crippen LogP contribution in [-0.4, -0.2) is 52.8 Å². The first kappa shape index (κ1) is 15.0. The van der Waals surface area contributed by atoms with Gasteiger partial charge in [-0.25, -0.2) is 0 Å². The molecule has 0 unspecified atom stereocenters. The molecule has 2 amide bonds. The molecule has 1 aromatic heterocycles. The van der Waals surface area contributed by atoms with Crippen LogP contribution in [0.15, 0.2) is 42.6 Å². The van der Waals surface area contributed by atoms with Crippen molar-refractivity contribution in [3.63, 3.8) is 0 Å². The van der Waals surface area contributed by atoms with Crippen molar-refractivity contribution in [3.05, 3.63) is 59.4 Å². The van der Waals surface area contributed by atoms with Crippen molar-refractivity contribution < 1.29 is 9.59 Å². The first-order valence-electron chi connectivity index (χ1n) is 8.50. The van der Waals surface area contributed by atoms with Crippen molar-refractivity contribution in [2.75, 3.05) is 26.2 Å². The van der Waals surface area contributed by atoms with Gasteiger partial charge in [-0.1, -0.05) is 24.3 Å². The second-order valence-corrected chi connectivity index (χ2v) is 6.58. The summed E-state index contributed by atoms with van der Waals surface area (Å²) in [5, 5.41) is 0. The van der Waals surface area contributed by atoms with Gasteiger partial charge in [0.25, 0.3) is 5.91 Å². The molecule has 4 rings (SSSR count). The largest absolute Gasteiger partial charge is 0.357 e. The molecule has 5 heteroatoms. The van der Waals surface area contributed by atoms with E-state index in [4.69, 9.17) is 0 Å². The summed E-state index contributed by atoms with van der Waals surface area (Å²) in [6.07, 6.45) is 3.44. The molecule has 0 bridgehead atoms. The predicted octanol–water partition coefficient (Wildman–Crippen LogP) is 1.71. The smallest absolute Gasteiger partial charge is 0.270 e. The number of aromatic amines is 1. The normalized spacial score (nSPS) is 17.8. The Balaban J connectivity index is 1.35. The van der Waals surface area contributed by atoms with Gasteiger partial charge in [-0.05, 0) is 36.1 Å². The second-order valence-electron chi connectivity index (χ2n) is 6.58. The van der Waals surface area contributed by atoms with Gasteiger partial charge in [0, 0.05) is 38.3 Å². The fourth-order valence-electron chi connectivity index (χ4n) is 3.76. The molecule has 1 saturated heterocycles. The maximum absolute atomic E-state index is 12.8. The molecule has 2 aliphatic rings. The number of rotatable bonds is 2. The Morgan fingerprint density at radius 1 is 0.875 bits per heavy atom. The standard InChI is InChI=1S/C19H21N3O2/c23-18(16-12-14-4-1-2-5-15(14)13-16)21-8-10-22(11-9-21)19(24)17-6-3-7-20-17/h1-7,16,20H,8-13H2. The quantitative estimate of drug-likeness (QED) is 0.915. The van der Waals surface area contributed by atoms with Crippen LogP contribution in [0.1, 0.15) is 21.6 Å². The fraction of sp³-hybridized carbons (Fsp3) is 0.368. The van der Waals surface area contributed by atoms with E-state index < -0.39 is 0 Å². The third kappa shape index (κ3) is 2.70. The van der Waals surface area contributed by atoms with Crippen molar-refractivity contribution in [1.82, 2.24) is 14.8 Å². The molecule has 1 fully saturated rings. The maximum atomic E-state index is 12.8. The lowest BCUT2D eigenvalue weighted by atomic mass is 10.0. The number of fused-ring (bicyclic) bond motifs is 1. The third-order valence-electron chi connectivity index (χ3n) is 5.11. The highest BCUT2D eigenvalue weighted by atomic mass is 16.2. The number of amides is 2. The van der Waals surface area contributed by atoms with Crippen LogP contribution in [0, 0.1) is 5.92 Å². The highest BCUT2D eigenvalue weighted by Gasteiger charge is 2.32. The third-order valence-corrected chi connectivity index (χ3v) is 5.11. The second kappa shape index (κ2) is 6.15. The molecule has 1 aliphatic heterocycles. The lowest BCUT2D eigenvalue weighted by molar-refractivity contribution is -0.136. The van der Waals surface area contributed by atoms with Crippen LogP contribution < -0.4 is 0 Å². The van der Waals surface area contributed by atoms with Gasteiger partial charge in [-0.15, -0.1) is 0 Å². The number of aromatic nitrogens is 1. The van der Waals surface area contributed by atoms with E-state index in [0.29, 0.717) is 31.9 Å². The van der Waals surface area contributed by atoms with Crippen LogP contribution in [-0.2, 0) is 17.6 Å². The number of carbonyl (C=O) groups is 2. The summed E-state index contributed by atoms with van der Waals surface area (Å²) in [7, 11) is 0. The van der Waals surface area contributed by atoms with Crippen molar-refractivity contribution in [1.29, 1.82) is 0 Å². The Labute approximate surface area is 141 Å². The number of benzene rings is 1. The Hall–Kier alpha value is -2.56. The first-order valence-corrected chi connectivity index (χ1v) is 8.50. The predicted molar refractivity (Wildman–Crippen MR) is 90.6 cm³/mol. The average molecular weight is 323 g/mol. The molecule has 1 aromatic carbocycles. The van der Waals surface area contributed by atoms with Gasteiger partial charge in [-0.3, -0.25) is 9.59 Å².